The van der Waals surface area contributed by atoms with E-state index in [1.54, 1.807) is 14.2 Å². The van der Waals surface area contributed by atoms with Crippen molar-refractivity contribution < 1.29 is 9.47 Å². The summed E-state index contributed by atoms with van der Waals surface area (Å²) >= 11 is 0. The van der Waals surface area contributed by atoms with Gasteiger partial charge in [0.25, 0.3) is 0 Å². The Labute approximate surface area is 133 Å². The Bertz CT molecular complexity index is 503. The van der Waals surface area contributed by atoms with Crippen LogP contribution >= 0.6 is 0 Å². The number of methoxy groups -OCH3 is 2. The third-order valence-corrected chi connectivity index (χ3v) is 3.28. The van der Waals surface area contributed by atoms with Gasteiger partial charge >= 0.3 is 0 Å². The molecule has 124 valence electrons. The van der Waals surface area contributed by atoms with Gasteiger partial charge in [-0.1, -0.05) is 0 Å². The Morgan fingerprint density at radius 2 is 2.09 bits per heavy atom. The van der Waals surface area contributed by atoms with Gasteiger partial charge in [0.1, 0.15) is 5.75 Å². The molecule has 1 aromatic heterocycles. The third-order valence-electron chi connectivity index (χ3n) is 3.28. The summed E-state index contributed by atoms with van der Waals surface area (Å²) < 4.78 is 10.6. The Morgan fingerprint density at radius 3 is 2.68 bits per heavy atom. The van der Waals surface area contributed by atoms with Gasteiger partial charge in [-0.05, 0) is 27.7 Å². The van der Waals surface area contributed by atoms with E-state index in [1.165, 1.54) is 0 Å². The molecular formula is C16H28N4O2. The molecule has 0 aromatic carbocycles. The van der Waals surface area contributed by atoms with Crippen LogP contribution in [0.15, 0.2) is 11.2 Å². The molecule has 0 spiro atoms. The highest BCUT2D eigenvalue weighted by Gasteiger charge is 2.10. The molecule has 1 rings (SSSR count). The van der Waals surface area contributed by atoms with E-state index in [2.05, 4.69) is 27.5 Å². The summed E-state index contributed by atoms with van der Waals surface area (Å²) in [5.41, 5.74) is 2.98. The lowest BCUT2D eigenvalue weighted by atomic mass is 10.1. The van der Waals surface area contributed by atoms with E-state index in [-0.39, 0.29) is 6.04 Å². The molecule has 0 saturated carbocycles. The van der Waals surface area contributed by atoms with E-state index in [1.807, 2.05) is 27.0 Å². The molecular weight excluding hydrogens is 280 g/mol. The molecule has 6 nitrogen and oxygen atoms in total. The number of hydrogen-bond donors (Lipinski definition) is 2. The first kappa shape index (κ1) is 18.2. The lowest BCUT2D eigenvalue weighted by Gasteiger charge is -2.17. The average molecular weight is 308 g/mol. The van der Waals surface area contributed by atoms with Crippen LogP contribution in [-0.4, -0.2) is 44.4 Å². The number of rotatable bonds is 7. The van der Waals surface area contributed by atoms with Gasteiger partial charge in [0, 0.05) is 37.0 Å². The van der Waals surface area contributed by atoms with Crippen molar-refractivity contribution >= 4 is 5.96 Å². The van der Waals surface area contributed by atoms with Gasteiger partial charge in [-0.15, -0.1) is 0 Å². The summed E-state index contributed by atoms with van der Waals surface area (Å²) in [7, 11) is 3.37. The van der Waals surface area contributed by atoms with Crippen LogP contribution in [0, 0.1) is 13.8 Å². The fourth-order valence-electron chi connectivity index (χ4n) is 2.23. The fraction of sp³-hybridized carbons (Fsp3) is 0.625. The summed E-state index contributed by atoms with van der Waals surface area (Å²) in [6, 6.07) is 0.185. The zero-order chi connectivity index (χ0) is 16.5. The molecule has 0 saturated heterocycles. The number of pyridine rings is 1. The molecule has 1 heterocycles. The van der Waals surface area contributed by atoms with Crippen molar-refractivity contribution in [2.75, 3.05) is 27.4 Å². The Hall–Kier alpha value is -1.82. The van der Waals surface area contributed by atoms with Crippen LogP contribution in [0.5, 0.6) is 5.75 Å². The first-order valence-corrected chi connectivity index (χ1v) is 7.56. The summed E-state index contributed by atoms with van der Waals surface area (Å²) in [4.78, 5) is 9.06. The predicted octanol–water partition coefficient (Wildman–Crippen LogP) is 1.80. The number of nitrogens with one attached hydrogen (secondary N) is 2. The number of nitrogens with zero attached hydrogens (tertiary/aromatic N) is 2. The van der Waals surface area contributed by atoms with E-state index >= 15 is 0 Å². The van der Waals surface area contributed by atoms with Gasteiger partial charge in [0.2, 0.25) is 0 Å². The third kappa shape index (κ3) is 5.18. The standard InChI is InChI=1S/C16H28N4O2/c1-7-17-16(20-12(3)10-21-5)19-9-14-13(4)15(22-6)11(2)8-18-14/h8,12H,7,9-10H2,1-6H3,(H2,17,19,20). The number of guanidine groups is 1. The second-order valence-electron chi connectivity index (χ2n) is 5.24. The van der Waals surface area contributed by atoms with Gasteiger partial charge in [-0.25, -0.2) is 4.99 Å². The topological polar surface area (TPSA) is 67.8 Å². The molecule has 0 amide bonds. The zero-order valence-corrected chi connectivity index (χ0v) is 14.5. The fourth-order valence-corrected chi connectivity index (χ4v) is 2.23. The number of aryl methyl sites for hydroxylation is 1. The van der Waals surface area contributed by atoms with Gasteiger partial charge < -0.3 is 20.1 Å². The molecule has 1 aromatic rings. The quantitative estimate of drug-likeness (QED) is 0.594. The van der Waals surface area contributed by atoms with Gasteiger partial charge in [-0.3, -0.25) is 4.98 Å². The highest BCUT2D eigenvalue weighted by Crippen LogP contribution is 2.24. The Kier molecular flexibility index (Phi) is 7.66. The van der Waals surface area contributed by atoms with E-state index in [9.17, 15) is 0 Å². The predicted molar refractivity (Wildman–Crippen MR) is 89.6 cm³/mol. The summed E-state index contributed by atoms with van der Waals surface area (Å²) in [5, 5.41) is 6.53. The number of hydrogen-bond acceptors (Lipinski definition) is 4. The zero-order valence-electron chi connectivity index (χ0n) is 14.5. The molecule has 0 aliphatic heterocycles. The van der Waals surface area contributed by atoms with Crippen LogP contribution in [0.2, 0.25) is 0 Å². The summed E-state index contributed by atoms with van der Waals surface area (Å²) in [6.07, 6.45) is 1.82. The van der Waals surface area contributed by atoms with Crippen molar-refractivity contribution in [2.45, 2.75) is 40.3 Å². The van der Waals surface area contributed by atoms with Crippen molar-refractivity contribution in [2.24, 2.45) is 4.99 Å². The van der Waals surface area contributed by atoms with Crippen molar-refractivity contribution in [3.63, 3.8) is 0 Å². The number of aliphatic imine (C=N–C) groups is 1. The second kappa shape index (κ2) is 9.25. The first-order chi connectivity index (χ1) is 10.5. The first-order valence-electron chi connectivity index (χ1n) is 7.56. The highest BCUT2D eigenvalue weighted by molar-refractivity contribution is 5.80. The molecule has 22 heavy (non-hydrogen) atoms. The normalized spacial score (nSPS) is 12.9. The minimum absolute atomic E-state index is 0.185. The van der Waals surface area contributed by atoms with E-state index in [4.69, 9.17) is 9.47 Å². The van der Waals surface area contributed by atoms with Gasteiger partial charge in [-0.2, -0.15) is 0 Å². The van der Waals surface area contributed by atoms with Gasteiger partial charge in [0.05, 0.1) is 26.0 Å². The van der Waals surface area contributed by atoms with Crippen molar-refractivity contribution in [3.8, 4) is 5.75 Å². The molecule has 0 bridgehead atoms. The van der Waals surface area contributed by atoms with Crippen molar-refractivity contribution in [3.05, 3.63) is 23.0 Å². The minimum Gasteiger partial charge on any atom is -0.496 e. The molecule has 0 aliphatic rings. The molecule has 0 aliphatic carbocycles. The maximum atomic E-state index is 5.43. The molecule has 0 fully saturated rings. The lowest BCUT2D eigenvalue weighted by molar-refractivity contribution is 0.179. The molecule has 1 atom stereocenters. The number of aromatic nitrogens is 1. The minimum atomic E-state index is 0.185. The summed E-state index contributed by atoms with van der Waals surface area (Å²) in [6.45, 7) is 10.0. The molecule has 6 heteroatoms. The van der Waals surface area contributed by atoms with Crippen LogP contribution in [-0.2, 0) is 11.3 Å². The van der Waals surface area contributed by atoms with Crippen molar-refractivity contribution in [1.29, 1.82) is 0 Å². The maximum absolute atomic E-state index is 5.43. The Morgan fingerprint density at radius 1 is 1.36 bits per heavy atom. The van der Waals surface area contributed by atoms with Crippen LogP contribution in [0.1, 0.15) is 30.7 Å². The van der Waals surface area contributed by atoms with Crippen molar-refractivity contribution in [1.82, 2.24) is 15.6 Å². The second-order valence-corrected chi connectivity index (χ2v) is 5.24. The van der Waals surface area contributed by atoms with E-state index in [0.29, 0.717) is 13.2 Å². The molecule has 2 N–H and O–H groups in total. The molecule has 0 radical (unpaired) electrons. The Balaban J connectivity index is 2.86. The van der Waals surface area contributed by atoms with E-state index < -0.39 is 0 Å². The average Bonchev–Trinajstić information content (AvgIpc) is 2.47. The van der Waals surface area contributed by atoms with Crippen LogP contribution < -0.4 is 15.4 Å². The largest absolute Gasteiger partial charge is 0.496 e. The van der Waals surface area contributed by atoms with E-state index in [0.717, 1.165) is 35.1 Å². The lowest BCUT2D eigenvalue weighted by Crippen LogP contribution is -2.43. The summed E-state index contributed by atoms with van der Waals surface area (Å²) in [5.74, 6) is 1.64. The number of ether oxygens (including phenoxy) is 2. The van der Waals surface area contributed by atoms with Gasteiger partial charge in [0.15, 0.2) is 5.96 Å². The molecule has 1 unspecified atom stereocenters. The van der Waals surface area contributed by atoms with Crippen LogP contribution in [0.3, 0.4) is 0 Å². The maximum Gasteiger partial charge on any atom is 0.191 e. The van der Waals surface area contributed by atoms with Crippen LogP contribution in [0.25, 0.3) is 0 Å². The monoisotopic (exact) mass is 308 g/mol. The highest BCUT2D eigenvalue weighted by atomic mass is 16.5. The van der Waals surface area contributed by atoms with Crippen LogP contribution in [0.4, 0.5) is 0 Å². The smallest absolute Gasteiger partial charge is 0.191 e. The SMILES string of the molecule is CCNC(=NCc1ncc(C)c(OC)c1C)NC(C)COC.